The highest BCUT2D eigenvalue weighted by Crippen LogP contribution is 2.55. The van der Waals surface area contributed by atoms with Crippen LogP contribution in [0, 0.1) is 0 Å². The second-order valence-electron chi connectivity index (χ2n) is 6.41. The van der Waals surface area contributed by atoms with Crippen molar-refractivity contribution in [2.24, 2.45) is 5.73 Å². The Kier molecular flexibility index (Phi) is 5.90. The van der Waals surface area contributed by atoms with Crippen molar-refractivity contribution < 1.29 is 33.5 Å². The maximum absolute atomic E-state index is 12.6. The number of thioether (sulfide) groups is 1. The Morgan fingerprint density at radius 2 is 2.03 bits per heavy atom. The molecule has 0 unspecified atom stereocenters. The standard InChI is InChI=1S/C16H19N4O7PS/c17-10-4-2-1-3-8(10)5-11(21)19-12-13(22)20-14(28(24,25)26)9(6-27-16(18)23)7-29-15(12)20/h1-4,12,15H,5-7,17H2,(H2,18,23)(H,19,21)(H2,24,25,26)/t12-,15-/m1/s1. The van der Waals surface area contributed by atoms with Gasteiger partial charge < -0.3 is 31.3 Å². The minimum atomic E-state index is -4.85. The topological polar surface area (TPSA) is 185 Å². The van der Waals surface area contributed by atoms with Gasteiger partial charge in [0.1, 0.15) is 23.5 Å². The largest absolute Gasteiger partial charge is 0.445 e. The van der Waals surface area contributed by atoms with Gasteiger partial charge in [0, 0.05) is 17.0 Å². The van der Waals surface area contributed by atoms with Crippen molar-refractivity contribution in [1.29, 1.82) is 0 Å². The quantitative estimate of drug-likeness (QED) is 0.224. The monoisotopic (exact) mass is 442 g/mol. The molecule has 156 valence electrons. The molecule has 1 fully saturated rings. The Hall–Kier alpha value is -2.53. The number of nitrogens with two attached hydrogens (primary N) is 2. The number of hydrogen-bond acceptors (Lipinski definition) is 7. The minimum Gasteiger partial charge on any atom is -0.445 e. The lowest BCUT2D eigenvalue weighted by atomic mass is 10.1. The molecular formula is C16H19N4O7PS. The first-order valence-electron chi connectivity index (χ1n) is 8.37. The number of nitrogens with zero attached hydrogens (tertiary/aromatic N) is 1. The summed E-state index contributed by atoms with van der Waals surface area (Å²) in [6.45, 7) is -0.441. The maximum atomic E-state index is 12.6. The molecule has 13 heteroatoms. The van der Waals surface area contributed by atoms with Crippen molar-refractivity contribution in [1.82, 2.24) is 10.2 Å². The number of β-lactam (4-membered cyclic amide) rings is 1. The summed E-state index contributed by atoms with van der Waals surface area (Å²) in [7, 11) is -4.85. The van der Waals surface area contributed by atoms with E-state index >= 15 is 0 Å². The van der Waals surface area contributed by atoms with Gasteiger partial charge in [-0.25, -0.2) is 4.79 Å². The van der Waals surface area contributed by atoms with Gasteiger partial charge in [-0.1, -0.05) is 18.2 Å². The van der Waals surface area contributed by atoms with Crippen LogP contribution in [0.2, 0.25) is 0 Å². The van der Waals surface area contributed by atoms with E-state index in [-0.39, 0.29) is 17.7 Å². The van der Waals surface area contributed by atoms with E-state index in [1.54, 1.807) is 24.3 Å². The number of carbonyl (C=O) groups is 3. The molecule has 2 aliphatic rings. The molecule has 3 amide bonds. The third-order valence-corrected chi connectivity index (χ3v) is 6.83. The Morgan fingerprint density at radius 1 is 1.34 bits per heavy atom. The van der Waals surface area contributed by atoms with E-state index in [1.807, 2.05) is 0 Å². The second kappa shape index (κ2) is 8.07. The first-order chi connectivity index (χ1) is 13.6. The summed E-state index contributed by atoms with van der Waals surface area (Å²) in [5.74, 6) is -1.00. The van der Waals surface area contributed by atoms with Gasteiger partial charge in [0.25, 0.3) is 5.91 Å². The van der Waals surface area contributed by atoms with Crippen molar-refractivity contribution in [3.05, 3.63) is 40.8 Å². The number of primary amides is 1. The van der Waals surface area contributed by atoms with Crippen LogP contribution in [0.5, 0.6) is 0 Å². The molecule has 11 nitrogen and oxygen atoms in total. The number of anilines is 1. The highest BCUT2D eigenvalue weighted by atomic mass is 32.2. The first-order valence-corrected chi connectivity index (χ1v) is 11.0. The van der Waals surface area contributed by atoms with E-state index in [0.29, 0.717) is 11.3 Å². The Balaban J connectivity index is 1.74. The average Bonchev–Trinajstić information content (AvgIpc) is 2.64. The minimum absolute atomic E-state index is 0.0350. The Labute approximate surface area is 169 Å². The molecular weight excluding hydrogens is 423 g/mol. The molecule has 0 aliphatic carbocycles. The van der Waals surface area contributed by atoms with Gasteiger partial charge in [0.05, 0.1) is 6.42 Å². The van der Waals surface area contributed by atoms with Crippen molar-refractivity contribution in [2.75, 3.05) is 18.1 Å². The number of ether oxygens (including phenoxy) is 1. The number of carbonyl (C=O) groups excluding carboxylic acids is 3. The molecule has 0 saturated carbocycles. The number of benzene rings is 1. The predicted molar refractivity (Wildman–Crippen MR) is 104 cm³/mol. The summed E-state index contributed by atoms with van der Waals surface area (Å²) in [6.07, 6.45) is -1.14. The zero-order valence-corrected chi connectivity index (χ0v) is 16.7. The van der Waals surface area contributed by atoms with Crippen molar-refractivity contribution >= 4 is 43.0 Å². The van der Waals surface area contributed by atoms with Gasteiger partial charge in [0.15, 0.2) is 0 Å². The fourth-order valence-electron chi connectivity index (χ4n) is 3.12. The van der Waals surface area contributed by atoms with Gasteiger partial charge >= 0.3 is 13.7 Å². The molecule has 2 heterocycles. The molecule has 2 aliphatic heterocycles. The molecule has 0 spiro atoms. The molecule has 1 saturated heterocycles. The number of hydrogen-bond donors (Lipinski definition) is 5. The summed E-state index contributed by atoms with van der Waals surface area (Å²) in [5.41, 5.74) is 11.3. The van der Waals surface area contributed by atoms with E-state index in [0.717, 1.165) is 4.90 Å². The summed E-state index contributed by atoms with van der Waals surface area (Å²) in [5, 5.41) is 1.91. The third-order valence-electron chi connectivity index (χ3n) is 4.40. The average molecular weight is 442 g/mol. The zero-order valence-electron chi connectivity index (χ0n) is 15.0. The lowest BCUT2D eigenvalue weighted by molar-refractivity contribution is -0.145. The molecule has 3 rings (SSSR count). The predicted octanol–water partition coefficient (Wildman–Crippen LogP) is -0.304. The van der Waals surface area contributed by atoms with Crippen molar-refractivity contribution in [3.8, 4) is 0 Å². The van der Waals surface area contributed by atoms with Gasteiger partial charge in [-0.05, 0) is 11.6 Å². The molecule has 7 N–H and O–H groups in total. The van der Waals surface area contributed by atoms with Crippen LogP contribution in [-0.4, -0.2) is 56.4 Å². The number of para-hydroxylation sites is 1. The van der Waals surface area contributed by atoms with Crippen LogP contribution in [0.3, 0.4) is 0 Å². The number of nitrogen functional groups attached to an aromatic ring is 1. The fraction of sp³-hybridized carbons (Fsp3) is 0.312. The SMILES string of the molecule is NC(=O)OCC1=C(P(=O)(O)O)N2C(=O)[C@@H](NC(=O)Cc3ccccc3N)[C@H]2SC1. The van der Waals surface area contributed by atoms with Crippen LogP contribution in [0.15, 0.2) is 35.3 Å². The smallest absolute Gasteiger partial charge is 0.404 e. The fourth-order valence-corrected chi connectivity index (χ4v) is 5.69. The third kappa shape index (κ3) is 4.40. The number of amides is 3. The van der Waals surface area contributed by atoms with E-state index in [9.17, 15) is 28.7 Å². The Morgan fingerprint density at radius 3 is 2.66 bits per heavy atom. The van der Waals surface area contributed by atoms with Gasteiger partial charge in [0.2, 0.25) is 5.91 Å². The Bertz CT molecular complexity index is 947. The first kappa shape index (κ1) is 21.2. The molecule has 29 heavy (non-hydrogen) atoms. The molecule has 2 atom stereocenters. The second-order valence-corrected chi connectivity index (χ2v) is 9.03. The van der Waals surface area contributed by atoms with Gasteiger partial charge in [-0.3, -0.25) is 19.1 Å². The van der Waals surface area contributed by atoms with Crippen LogP contribution < -0.4 is 16.8 Å². The maximum Gasteiger partial charge on any atom is 0.404 e. The van der Waals surface area contributed by atoms with Gasteiger partial charge in [-0.15, -0.1) is 11.8 Å². The summed E-state index contributed by atoms with van der Waals surface area (Å²) >= 11 is 1.19. The highest BCUT2D eigenvalue weighted by molar-refractivity contribution is 8.00. The van der Waals surface area contributed by atoms with E-state index < -0.39 is 49.0 Å². The summed E-state index contributed by atoms with van der Waals surface area (Å²) < 4.78 is 16.6. The molecule has 1 aromatic carbocycles. The van der Waals surface area contributed by atoms with E-state index in [2.05, 4.69) is 10.1 Å². The van der Waals surface area contributed by atoms with Crippen LogP contribution in [0.25, 0.3) is 0 Å². The van der Waals surface area contributed by atoms with E-state index in [4.69, 9.17) is 11.5 Å². The molecule has 1 aromatic rings. The van der Waals surface area contributed by atoms with E-state index in [1.165, 1.54) is 11.8 Å². The normalized spacial score (nSPS) is 21.3. The zero-order chi connectivity index (χ0) is 21.3. The molecule has 0 bridgehead atoms. The van der Waals surface area contributed by atoms with Crippen LogP contribution in [0.1, 0.15) is 5.56 Å². The van der Waals surface area contributed by atoms with Gasteiger partial charge in [-0.2, -0.15) is 0 Å². The molecule has 0 radical (unpaired) electrons. The van der Waals surface area contributed by atoms with Crippen LogP contribution in [-0.2, 0) is 25.3 Å². The van der Waals surface area contributed by atoms with Crippen molar-refractivity contribution in [3.63, 3.8) is 0 Å². The lowest BCUT2D eigenvalue weighted by Crippen LogP contribution is -2.70. The number of fused-ring (bicyclic) bond motifs is 1. The van der Waals surface area contributed by atoms with Crippen LogP contribution >= 0.6 is 19.4 Å². The summed E-state index contributed by atoms with van der Waals surface area (Å²) in [4.78, 5) is 56.0. The summed E-state index contributed by atoms with van der Waals surface area (Å²) in [6, 6.07) is 5.89. The highest BCUT2D eigenvalue weighted by Gasteiger charge is 2.56. The molecule has 0 aromatic heterocycles. The van der Waals surface area contributed by atoms with Crippen molar-refractivity contribution in [2.45, 2.75) is 17.8 Å². The number of nitrogens with one attached hydrogen (secondary N) is 1. The van der Waals surface area contributed by atoms with Crippen LogP contribution in [0.4, 0.5) is 10.5 Å². The lowest BCUT2D eigenvalue weighted by Gasteiger charge is -2.50. The number of rotatable bonds is 6.